The number of nitrogens with zero attached hydrogens (tertiary/aromatic N) is 2. The Bertz CT molecular complexity index is 1040. The Balaban J connectivity index is 1.69. The largest absolute Gasteiger partial charge is 0.457 e. The fourth-order valence-electron chi connectivity index (χ4n) is 4.99. The SMILES string of the molecule is C=CCOC(=O)C1=C(c2ccc3c(c2)CC(=O)N3C)C[C@@H]2[C@@H]([C@@H](C)O[Si](C)(C)C)C(=O)N12. The van der Waals surface area contributed by atoms with Crippen LogP contribution in [0.1, 0.15) is 24.5 Å². The third-order valence-electron chi connectivity index (χ3n) is 6.28. The van der Waals surface area contributed by atoms with Crippen LogP contribution in [0.25, 0.3) is 5.57 Å². The van der Waals surface area contributed by atoms with Gasteiger partial charge >= 0.3 is 5.97 Å². The van der Waals surface area contributed by atoms with Crippen LogP contribution in [0.2, 0.25) is 19.6 Å². The number of carbonyl (C=O) groups is 3. The van der Waals surface area contributed by atoms with E-state index in [1.165, 1.54) is 6.08 Å². The number of anilines is 1. The highest BCUT2D eigenvalue weighted by atomic mass is 28.4. The third-order valence-corrected chi connectivity index (χ3v) is 7.36. The first kappa shape index (κ1) is 22.5. The van der Waals surface area contributed by atoms with Gasteiger partial charge in [0.05, 0.1) is 24.5 Å². The average Bonchev–Trinajstić information content (AvgIpc) is 3.19. The highest BCUT2D eigenvalue weighted by molar-refractivity contribution is 6.69. The van der Waals surface area contributed by atoms with Crippen molar-refractivity contribution in [2.24, 2.45) is 5.92 Å². The minimum absolute atomic E-state index is 0.0412. The number of amides is 2. The molecule has 2 amide bonds. The van der Waals surface area contributed by atoms with Gasteiger partial charge in [-0.2, -0.15) is 0 Å². The van der Waals surface area contributed by atoms with Crippen LogP contribution in [0.4, 0.5) is 5.69 Å². The maximum atomic E-state index is 13.2. The molecule has 0 N–H and O–H groups in total. The van der Waals surface area contributed by atoms with E-state index in [-0.39, 0.29) is 36.5 Å². The van der Waals surface area contributed by atoms with Crippen LogP contribution >= 0.6 is 0 Å². The van der Waals surface area contributed by atoms with Crippen LogP contribution in [0.5, 0.6) is 0 Å². The monoisotopic (exact) mass is 454 g/mol. The van der Waals surface area contributed by atoms with E-state index in [0.717, 1.165) is 22.4 Å². The lowest BCUT2D eigenvalue weighted by Gasteiger charge is -2.47. The number of ether oxygens (including phenoxy) is 1. The van der Waals surface area contributed by atoms with Gasteiger partial charge in [-0.1, -0.05) is 18.7 Å². The smallest absolute Gasteiger partial charge is 0.355 e. The summed E-state index contributed by atoms with van der Waals surface area (Å²) in [6.45, 7) is 11.9. The zero-order valence-corrected chi connectivity index (χ0v) is 20.3. The molecule has 8 heteroatoms. The van der Waals surface area contributed by atoms with E-state index in [1.54, 1.807) is 16.8 Å². The van der Waals surface area contributed by atoms with E-state index in [1.807, 2.05) is 25.1 Å². The number of rotatable bonds is 7. The summed E-state index contributed by atoms with van der Waals surface area (Å²) in [5, 5.41) is 0. The van der Waals surface area contributed by atoms with Crippen LogP contribution in [0.15, 0.2) is 36.6 Å². The molecular weight excluding hydrogens is 424 g/mol. The highest BCUT2D eigenvalue weighted by Crippen LogP contribution is 2.48. The van der Waals surface area contributed by atoms with Crippen molar-refractivity contribution in [1.29, 1.82) is 0 Å². The van der Waals surface area contributed by atoms with Gasteiger partial charge < -0.3 is 19.0 Å². The lowest BCUT2D eigenvalue weighted by molar-refractivity contribution is -0.161. The van der Waals surface area contributed by atoms with Gasteiger partial charge in [-0.15, -0.1) is 0 Å². The second-order valence-electron chi connectivity index (χ2n) is 9.63. The quantitative estimate of drug-likeness (QED) is 0.274. The minimum atomic E-state index is -1.82. The summed E-state index contributed by atoms with van der Waals surface area (Å²) in [5.41, 5.74) is 3.73. The lowest BCUT2D eigenvalue weighted by Crippen LogP contribution is -2.63. The molecule has 3 aliphatic heterocycles. The van der Waals surface area contributed by atoms with Gasteiger partial charge in [0.2, 0.25) is 11.8 Å². The lowest BCUT2D eigenvalue weighted by atomic mass is 9.82. The molecule has 0 unspecified atom stereocenters. The molecule has 3 aliphatic rings. The molecule has 3 heterocycles. The summed E-state index contributed by atoms with van der Waals surface area (Å²) in [7, 11) is -0.0650. The summed E-state index contributed by atoms with van der Waals surface area (Å²) in [4.78, 5) is 41.5. The Morgan fingerprint density at radius 2 is 2.03 bits per heavy atom. The van der Waals surface area contributed by atoms with Gasteiger partial charge in [0.25, 0.3) is 0 Å². The minimum Gasteiger partial charge on any atom is -0.457 e. The first-order chi connectivity index (χ1) is 15.0. The molecule has 0 radical (unpaired) electrons. The third kappa shape index (κ3) is 3.71. The Morgan fingerprint density at radius 1 is 1.31 bits per heavy atom. The zero-order valence-electron chi connectivity index (χ0n) is 19.3. The maximum Gasteiger partial charge on any atom is 0.355 e. The van der Waals surface area contributed by atoms with Crippen molar-refractivity contribution in [1.82, 2.24) is 4.90 Å². The van der Waals surface area contributed by atoms with Crippen LogP contribution in [-0.2, 0) is 30.0 Å². The van der Waals surface area contributed by atoms with Crippen molar-refractivity contribution in [3.8, 4) is 0 Å². The van der Waals surface area contributed by atoms with Crippen molar-refractivity contribution in [2.75, 3.05) is 18.6 Å². The summed E-state index contributed by atoms with van der Waals surface area (Å²) < 4.78 is 11.5. The van der Waals surface area contributed by atoms with E-state index in [9.17, 15) is 14.4 Å². The molecule has 32 heavy (non-hydrogen) atoms. The van der Waals surface area contributed by atoms with Crippen LogP contribution < -0.4 is 4.90 Å². The first-order valence-electron chi connectivity index (χ1n) is 11.0. The van der Waals surface area contributed by atoms with E-state index in [4.69, 9.17) is 9.16 Å². The molecular formula is C24H30N2O5Si. The number of hydrogen-bond acceptors (Lipinski definition) is 5. The number of fused-ring (bicyclic) bond motifs is 2. The predicted molar refractivity (Wildman–Crippen MR) is 124 cm³/mol. The van der Waals surface area contributed by atoms with E-state index < -0.39 is 14.3 Å². The summed E-state index contributed by atoms with van der Waals surface area (Å²) in [5.74, 6) is -0.873. The Hall–Kier alpha value is -2.71. The number of likely N-dealkylation sites (N-methyl/N-ethyl adjacent to an activating group) is 1. The molecule has 0 saturated carbocycles. The van der Waals surface area contributed by atoms with Gasteiger partial charge in [0.1, 0.15) is 12.3 Å². The molecule has 0 aromatic heterocycles. The number of esters is 1. The molecule has 4 rings (SSSR count). The normalized spacial score (nSPS) is 23.2. The van der Waals surface area contributed by atoms with Crippen LogP contribution in [-0.4, -0.2) is 56.8 Å². The molecule has 170 valence electrons. The summed E-state index contributed by atoms with van der Waals surface area (Å²) in [6, 6.07) is 5.64. The first-order valence-corrected chi connectivity index (χ1v) is 14.4. The fourth-order valence-corrected chi connectivity index (χ4v) is 6.26. The summed E-state index contributed by atoms with van der Waals surface area (Å²) in [6.07, 6.45) is 2.17. The standard InChI is InChI=1S/C24H30N2O5Si/c1-7-10-30-24(29)22-17(15-8-9-18-16(11-15)12-20(27)25(18)3)13-19-21(23(28)26(19)22)14(2)31-32(4,5)6/h7-9,11,14,19,21H,1,10,12-13H2,2-6H3/t14-,19-,21-/m1/s1. The van der Waals surface area contributed by atoms with E-state index in [0.29, 0.717) is 18.5 Å². The molecule has 0 aliphatic carbocycles. The van der Waals surface area contributed by atoms with Gasteiger partial charge in [-0.3, -0.25) is 9.59 Å². The number of β-lactam (4-membered cyclic amide) rings is 1. The van der Waals surface area contributed by atoms with Crippen LogP contribution in [0.3, 0.4) is 0 Å². The zero-order chi connectivity index (χ0) is 23.4. The second kappa shape index (κ2) is 8.01. The Morgan fingerprint density at radius 3 is 2.69 bits per heavy atom. The maximum absolute atomic E-state index is 13.2. The van der Waals surface area contributed by atoms with Crippen molar-refractivity contribution in [3.05, 3.63) is 47.7 Å². The molecule has 3 atom stereocenters. The van der Waals surface area contributed by atoms with Crippen molar-refractivity contribution in [2.45, 2.75) is 51.6 Å². The van der Waals surface area contributed by atoms with Crippen molar-refractivity contribution >= 4 is 37.4 Å². The molecule has 0 spiro atoms. The fraction of sp³-hybridized carbons (Fsp3) is 0.458. The second-order valence-corrected chi connectivity index (χ2v) is 14.1. The van der Waals surface area contributed by atoms with Gasteiger partial charge in [0.15, 0.2) is 8.32 Å². The van der Waals surface area contributed by atoms with Crippen LogP contribution in [0, 0.1) is 5.92 Å². The molecule has 1 aromatic rings. The molecule has 1 aromatic carbocycles. The molecule has 7 nitrogen and oxygen atoms in total. The van der Waals surface area contributed by atoms with Crippen molar-refractivity contribution in [3.63, 3.8) is 0 Å². The van der Waals surface area contributed by atoms with E-state index in [2.05, 4.69) is 26.2 Å². The Kier molecular flexibility index (Phi) is 5.62. The van der Waals surface area contributed by atoms with Gasteiger partial charge in [0, 0.05) is 12.7 Å². The topological polar surface area (TPSA) is 76.1 Å². The molecule has 1 fully saturated rings. The highest BCUT2D eigenvalue weighted by Gasteiger charge is 2.57. The van der Waals surface area contributed by atoms with Crippen molar-refractivity contribution < 1.29 is 23.5 Å². The molecule has 1 saturated heterocycles. The predicted octanol–water partition coefficient (Wildman–Crippen LogP) is 3.12. The number of benzene rings is 1. The summed E-state index contributed by atoms with van der Waals surface area (Å²) >= 11 is 0. The Labute approximate surface area is 189 Å². The number of carbonyl (C=O) groups excluding carboxylic acids is 3. The molecule has 0 bridgehead atoms. The average molecular weight is 455 g/mol. The number of hydrogen-bond donors (Lipinski definition) is 0. The van der Waals surface area contributed by atoms with Gasteiger partial charge in [-0.25, -0.2) is 4.79 Å². The van der Waals surface area contributed by atoms with Gasteiger partial charge in [-0.05, 0) is 61.8 Å². The van der Waals surface area contributed by atoms with E-state index >= 15 is 0 Å².